The molecule has 38 heavy (non-hydrogen) atoms. The Labute approximate surface area is 228 Å². The van der Waals surface area contributed by atoms with Crippen LogP contribution in [-0.4, -0.2) is 23.5 Å². The lowest BCUT2D eigenvalue weighted by atomic mass is 10.1. The van der Waals surface area contributed by atoms with Crippen molar-refractivity contribution in [1.82, 2.24) is 0 Å². The number of hydrogen-bond donors (Lipinski definition) is 3. The lowest BCUT2D eigenvalue weighted by Crippen LogP contribution is -2.14. The number of nitrogens with zero attached hydrogens (tertiary/aromatic N) is 1. The zero-order valence-corrected chi connectivity index (χ0v) is 22.3. The molecular weight excluding hydrogens is 516 g/mol. The number of thiophene rings is 1. The zero-order valence-electron chi connectivity index (χ0n) is 20.7. The Morgan fingerprint density at radius 3 is 2.26 bits per heavy atom. The van der Waals surface area contributed by atoms with Crippen LogP contribution in [0.3, 0.4) is 0 Å². The van der Waals surface area contributed by atoms with Gasteiger partial charge in [0.1, 0.15) is 11.1 Å². The average Bonchev–Trinajstić information content (AvgIpc) is 3.23. The third-order valence-electron chi connectivity index (χ3n) is 5.60. The molecule has 0 fully saturated rings. The predicted molar refractivity (Wildman–Crippen MR) is 153 cm³/mol. The van der Waals surface area contributed by atoms with Gasteiger partial charge in [-0.2, -0.15) is 5.26 Å². The van der Waals surface area contributed by atoms with Gasteiger partial charge in [0.15, 0.2) is 0 Å². The highest BCUT2D eigenvalue weighted by Crippen LogP contribution is 2.33. The Morgan fingerprint density at radius 1 is 0.842 bits per heavy atom. The molecule has 0 aliphatic rings. The summed E-state index contributed by atoms with van der Waals surface area (Å²) in [5, 5.41) is 18.5. The number of thioether (sulfide) groups is 1. The quantitative estimate of drug-likeness (QED) is 0.222. The van der Waals surface area contributed by atoms with Gasteiger partial charge in [-0.3, -0.25) is 14.4 Å². The first-order chi connectivity index (χ1) is 18.4. The van der Waals surface area contributed by atoms with Gasteiger partial charge in [0.25, 0.3) is 11.8 Å². The lowest BCUT2D eigenvalue weighted by Gasteiger charge is -2.09. The van der Waals surface area contributed by atoms with Crippen LogP contribution in [-0.2, 0) is 4.79 Å². The van der Waals surface area contributed by atoms with Gasteiger partial charge in [0.05, 0.1) is 16.2 Å². The molecule has 0 spiro atoms. The van der Waals surface area contributed by atoms with Gasteiger partial charge >= 0.3 is 0 Å². The molecule has 4 rings (SSSR count). The van der Waals surface area contributed by atoms with E-state index in [0.29, 0.717) is 32.4 Å². The number of nitriles is 1. The fourth-order valence-electron chi connectivity index (χ4n) is 3.66. The molecule has 0 radical (unpaired) electrons. The molecule has 0 aliphatic carbocycles. The van der Waals surface area contributed by atoms with Crippen molar-refractivity contribution in [3.8, 4) is 6.07 Å². The fourth-order valence-corrected chi connectivity index (χ4v) is 5.49. The molecule has 0 unspecified atom stereocenters. The van der Waals surface area contributed by atoms with Crippen molar-refractivity contribution in [2.75, 3.05) is 21.7 Å². The fraction of sp³-hybridized carbons (Fsp3) is 0.103. The van der Waals surface area contributed by atoms with Gasteiger partial charge in [0, 0.05) is 21.8 Å². The van der Waals surface area contributed by atoms with Crippen LogP contribution in [0.2, 0.25) is 0 Å². The van der Waals surface area contributed by atoms with E-state index in [9.17, 15) is 19.6 Å². The Balaban J connectivity index is 1.38. The number of amides is 3. The summed E-state index contributed by atoms with van der Waals surface area (Å²) in [5.41, 5.74) is 3.54. The van der Waals surface area contributed by atoms with E-state index in [0.717, 1.165) is 21.8 Å². The third kappa shape index (κ3) is 6.48. The molecular formula is C29H24N4O3S2. The molecule has 0 bridgehead atoms. The summed E-state index contributed by atoms with van der Waals surface area (Å²) in [6, 6.07) is 25.7. The summed E-state index contributed by atoms with van der Waals surface area (Å²) in [4.78, 5) is 39.3. The largest absolute Gasteiger partial charge is 0.322 e. The second-order valence-corrected chi connectivity index (χ2v) is 10.4. The van der Waals surface area contributed by atoms with E-state index in [2.05, 4.69) is 22.0 Å². The first-order valence-corrected chi connectivity index (χ1v) is 13.5. The molecule has 0 atom stereocenters. The number of nitrogens with one attached hydrogen (secondary N) is 3. The molecule has 0 aliphatic heterocycles. The second-order valence-electron chi connectivity index (χ2n) is 8.33. The molecule has 3 amide bonds. The molecule has 4 aromatic rings. The van der Waals surface area contributed by atoms with Gasteiger partial charge in [-0.15, -0.1) is 23.1 Å². The van der Waals surface area contributed by atoms with Gasteiger partial charge < -0.3 is 16.0 Å². The van der Waals surface area contributed by atoms with E-state index >= 15 is 0 Å². The second kappa shape index (κ2) is 12.2. The maximum absolute atomic E-state index is 12.8. The predicted octanol–water partition coefficient (Wildman–Crippen LogP) is 6.47. The van der Waals surface area contributed by atoms with Crippen LogP contribution >= 0.6 is 23.1 Å². The topological polar surface area (TPSA) is 111 Å². The molecule has 9 heteroatoms. The van der Waals surface area contributed by atoms with E-state index in [1.807, 2.05) is 55.5 Å². The van der Waals surface area contributed by atoms with Crippen LogP contribution in [0.25, 0.3) is 0 Å². The van der Waals surface area contributed by atoms with E-state index in [4.69, 9.17) is 0 Å². The van der Waals surface area contributed by atoms with Crippen LogP contribution in [0.1, 0.15) is 36.7 Å². The molecule has 3 N–H and O–H groups in total. The minimum absolute atomic E-state index is 0.0859. The summed E-state index contributed by atoms with van der Waals surface area (Å²) in [5.74, 6) is -0.762. The van der Waals surface area contributed by atoms with Crippen LogP contribution in [0, 0.1) is 25.2 Å². The number of para-hydroxylation sites is 1. The molecule has 3 aromatic carbocycles. The third-order valence-corrected chi connectivity index (χ3v) is 7.80. The van der Waals surface area contributed by atoms with Crippen LogP contribution in [0.4, 0.5) is 16.4 Å². The molecule has 1 aromatic heterocycles. The summed E-state index contributed by atoms with van der Waals surface area (Å²) in [6.07, 6.45) is 0. The van der Waals surface area contributed by atoms with Crippen molar-refractivity contribution in [3.63, 3.8) is 0 Å². The van der Waals surface area contributed by atoms with Crippen molar-refractivity contribution in [2.45, 2.75) is 18.7 Å². The Morgan fingerprint density at radius 2 is 1.53 bits per heavy atom. The maximum atomic E-state index is 12.8. The van der Waals surface area contributed by atoms with Gasteiger partial charge in [-0.1, -0.05) is 42.5 Å². The minimum Gasteiger partial charge on any atom is -0.322 e. The maximum Gasteiger partial charge on any atom is 0.266 e. The molecule has 0 saturated heterocycles. The monoisotopic (exact) mass is 540 g/mol. The van der Waals surface area contributed by atoms with Crippen molar-refractivity contribution >= 4 is 57.2 Å². The number of anilines is 3. The normalized spacial score (nSPS) is 10.3. The van der Waals surface area contributed by atoms with Crippen molar-refractivity contribution in [1.29, 1.82) is 5.26 Å². The van der Waals surface area contributed by atoms with Gasteiger partial charge in [-0.25, -0.2) is 0 Å². The number of rotatable bonds is 8. The summed E-state index contributed by atoms with van der Waals surface area (Å²) < 4.78 is 0. The summed E-state index contributed by atoms with van der Waals surface area (Å²) in [7, 11) is 0. The molecule has 1 heterocycles. The van der Waals surface area contributed by atoms with E-state index < -0.39 is 0 Å². The SMILES string of the molecule is Cc1ccccc1C(=O)Nc1cccc(SCC(=O)Nc2sc(C(=O)Nc3ccccc3)c(C)c2C#N)c1. The zero-order chi connectivity index (χ0) is 27.1. The first kappa shape index (κ1) is 26.7. The first-order valence-electron chi connectivity index (χ1n) is 11.6. The number of carbonyl (C=O) groups excluding carboxylic acids is 3. The average molecular weight is 541 g/mol. The van der Waals surface area contributed by atoms with Crippen LogP contribution in [0.15, 0.2) is 83.8 Å². The number of benzene rings is 3. The van der Waals surface area contributed by atoms with Crippen molar-refractivity contribution < 1.29 is 14.4 Å². The standard InChI is InChI=1S/C29H24N4O3S2/c1-18-9-6-7-14-23(18)27(35)32-21-12-8-13-22(15-21)37-17-25(34)33-29-24(16-30)19(2)26(38-29)28(36)31-20-10-4-3-5-11-20/h3-15H,17H2,1-2H3,(H,31,36)(H,32,35)(H,33,34). The van der Waals surface area contributed by atoms with E-state index in [1.54, 1.807) is 37.3 Å². The molecule has 0 saturated carbocycles. The van der Waals surface area contributed by atoms with E-state index in [-0.39, 0.29) is 29.0 Å². The highest BCUT2D eigenvalue weighted by Gasteiger charge is 2.21. The summed E-state index contributed by atoms with van der Waals surface area (Å²) >= 11 is 2.37. The van der Waals surface area contributed by atoms with Crippen molar-refractivity contribution in [2.24, 2.45) is 0 Å². The Bertz CT molecular complexity index is 1540. The van der Waals surface area contributed by atoms with Gasteiger partial charge in [0.2, 0.25) is 5.91 Å². The summed E-state index contributed by atoms with van der Waals surface area (Å²) in [6.45, 7) is 3.57. The minimum atomic E-state index is -0.338. The van der Waals surface area contributed by atoms with Crippen molar-refractivity contribution in [3.05, 3.63) is 106 Å². The van der Waals surface area contributed by atoms with E-state index in [1.165, 1.54) is 11.8 Å². The number of aryl methyl sites for hydroxylation is 1. The van der Waals surface area contributed by atoms with Gasteiger partial charge in [-0.05, 0) is 61.4 Å². The highest BCUT2D eigenvalue weighted by molar-refractivity contribution is 8.00. The number of hydrogen-bond acceptors (Lipinski definition) is 6. The Kier molecular flexibility index (Phi) is 8.58. The number of carbonyl (C=O) groups is 3. The van der Waals surface area contributed by atoms with Crippen LogP contribution in [0.5, 0.6) is 0 Å². The lowest BCUT2D eigenvalue weighted by molar-refractivity contribution is -0.113. The smallest absolute Gasteiger partial charge is 0.266 e. The Hall–Kier alpha value is -4.39. The molecule has 7 nitrogen and oxygen atoms in total. The van der Waals surface area contributed by atoms with Crippen LogP contribution < -0.4 is 16.0 Å². The molecule has 190 valence electrons. The highest BCUT2D eigenvalue weighted by atomic mass is 32.2.